The van der Waals surface area contributed by atoms with Crippen molar-refractivity contribution < 1.29 is 0 Å². The Morgan fingerprint density at radius 3 is 1.21 bits per heavy atom. The molecule has 0 aliphatic carbocycles. The minimum absolute atomic E-state index is 0.953. The first-order valence-electron chi connectivity index (χ1n) is 23.5. The first-order chi connectivity index (χ1) is 34.7. The van der Waals surface area contributed by atoms with Crippen molar-refractivity contribution in [3.63, 3.8) is 0 Å². The van der Waals surface area contributed by atoms with Gasteiger partial charge in [0, 0.05) is 70.2 Å². The lowest BCUT2D eigenvalue weighted by molar-refractivity contribution is 1.32. The first kappa shape index (κ1) is 41.6. The maximum atomic E-state index is 5.54. The number of fused-ring (bicyclic) bond motifs is 4. The molecule has 4 heterocycles. The van der Waals surface area contributed by atoms with Crippen LogP contribution >= 0.6 is 22.7 Å². The van der Waals surface area contributed by atoms with Gasteiger partial charge >= 0.3 is 0 Å². The van der Waals surface area contributed by atoms with Crippen LogP contribution in [0.15, 0.2) is 249 Å². The van der Waals surface area contributed by atoms with Gasteiger partial charge in [-0.2, -0.15) is 0 Å². The molecule has 0 N–H and O–H groups in total. The molecule has 13 aromatic rings. The topological polar surface area (TPSA) is 38.7 Å². The minimum atomic E-state index is 0.953. The summed E-state index contributed by atoms with van der Waals surface area (Å²) in [5, 5.41) is 3.56. The van der Waals surface area contributed by atoms with Crippen molar-refractivity contribution in [3.05, 3.63) is 249 Å². The van der Waals surface area contributed by atoms with Gasteiger partial charge in [0.25, 0.3) is 0 Å². The Bertz CT molecular complexity index is 3810. The molecule has 3 nitrogen and oxygen atoms in total. The van der Waals surface area contributed by atoms with E-state index in [1.165, 1.54) is 20.2 Å². The summed E-state index contributed by atoms with van der Waals surface area (Å²) >= 11 is 3.61. The summed E-state index contributed by atoms with van der Waals surface area (Å²) in [6.45, 7) is 0. The summed E-state index contributed by atoms with van der Waals surface area (Å²) in [7, 11) is 0. The van der Waals surface area contributed by atoms with Gasteiger partial charge in [-0.15, -0.1) is 22.7 Å². The Morgan fingerprint density at radius 2 is 0.671 bits per heavy atom. The average Bonchev–Trinajstić information content (AvgIpc) is 4.06. The van der Waals surface area contributed by atoms with E-state index < -0.39 is 0 Å². The quantitative estimate of drug-likeness (QED) is 0.145. The highest BCUT2D eigenvalue weighted by atomic mass is 32.1. The Kier molecular flexibility index (Phi) is 10.6. The molecule has 4 aromatic heterocycles. The molecule has 0 saturated carbocycles. The van der Waals surface area contributed by atoms with Gasteiger partial charge in [-0.05, 0) is 52.6 Å². The number of nitrogens with zero attached hydrogens (tertiary/aromatic N) is 3. The highest BCUT2D eigenvalue weighted by Crippen LogP contribution is 2.45. The molecule has 13 rings (SSSR count). The molecule has 0 saturated heterocycles. The summed E-state index contributed by atoms with van der Waals surface area (Å²) in [5.74, 6) is 0. The molecule has 0 unspecified atom stereocenters. The molecule has 0 atom stereocenters. The molecule has 0 amide bonds. The lowest BCUT2D eigenvalue weighted by Gasteiger charge is -2.14. The van der Waals surface area contributed by atoms with E-state index in [1.807, 2.05) is 23.5 Å². The normalized spacial score (nSPS) is 11.4. The Balaban J connectivity index is 0.915. The molecule has 0 radical (unpaired) electrons. The monoisotopic (exact) mass is 927 g/mol. The van der Waals surface area contributed by atoms with Crippen LogP contribution in [0, 0.1) is 0 Å². The zero-order chi connectivity index (χ0) is 46.4. The number of rotatable bonds is 9. The van der Waals surface area contributed by atoms with Crippen molar-refractivity contribution in [1.29, 1.82) is 0 Å². The van der Waals surface area contributed by atoms with Crippen LogP contribution < -0.4 is 0 Å². The Labute approximate surface area is 414 Å². The van der Waals surface area contributed by atoms with E-state index in [0.717, 1.165) is 110 Å². The van der Waals surface area contributed by atoms with Gasteiger partial charge in [-0.3, -0.25) is 0 Å². The van der Waals surface area contributed by atoms with Crippen molar-refractivity contribution in [2.45, 2.75) is 0 Å². The second kappa shape index (κ2) is 17.8. The Morgan fingerprint density at radius 1 is 0.257 bits per heavy atom. The summed E-state index contributed by atoms with van der Waals surface area (Å²) in [6.07, 6.45) is 0. The standard InChI is InChI=1S/C65H41N3S2/c1-5-15-46(16-6-1)57-38-36-51(61(66-57)48-19-9-3-10-20-48)42-25-27-44(28-26-42)53-34-35-54(64-63(53)68-65(70-64)50-33-40-60-56(41-50)55-23-13-14-24-59(55)69-60)45-31-29-43(30-32-45)52-37-39-58(47-17-7-2-8-18-47)67-62(52)49-21-11-4-12-22-49/h1-41H. The number of benzene rings is 9. The van der Waals surface area contributed by atoms with Crippen LogP contribution in [0.4, 0.5) is 0 Å². The fraction of sp³-hybridized carbons (Fsp3) is 0. The zero-order valence-corrected chi connectivity index (χ0v) is 39.5. The fourth-order valence-electron chi connectivity index (χ4n) is 9.66. The van der Waals surface area contributed by atoms with Crippen LogP contribution in [0.5, 0.6) is 0 Å². The van der Waals surface area contributed by atoms with Gasteiger partial charge in [0.1, 0.15) is 5.01 Å². The molecule has 5 heteroatoms. The van der Waals surface area contributed by atoms with Gasteiger partial charge < -0.3 is 0 Å². The van der Waals surface area contributed by atoms with Crippen LogP contribution in [0.25, 0.3) is 130 Å². The van der Waals surface area contributed by atoms with Gasteiger partial charge in [0.05, 0.1) is 33.0 Å². The van der Waals surface area contributed by atoms with E-state index in [1.54, 1.807) is 11.3 Å². The number of hydrogen-bond acceptors (Lipinski definition) is 5. The Hall–Kier alpha value is -8.61. The average molecular weight is 928 g/mol. The molecule has 70 heavy (non-hydrogen) atoms. The number of thiazole rings is 1. The van der Waals surface area contributed by atoms with Crippen LogP contribution in [0.3, 0.4) is 0 Å². The molecular weight excluding hydrogens is 887 g/mol. The van der Waals surface area contributed by atoms with Crippen molar-refractivity contribution >= 4 is 53.1 Å². The molecule has 328 valence electrons. The second-order valence-electron chi connectivity index (χ2n) is 17.5. The summed E-state index contributed by atoms with van der Waals surface area (Å²) in [5.41, 5.74) is 19.2. The van der Waals surface area contributed by atoms with Crippen molar-refractivity contribution in [3.8, 4) is 100 Å². The van der Waals surface area contributed by atoms with E-state index in [2.05, 4.69) is 237 Å². The fourth-order valence-corrected chi connectivity index (χ4v) is 11.9. The van der Waals surface area contributed by atoms with Crippen LogP contribution in [0.2, 0.25) is 0 Å². The third-order valence-corrected chi connectivity index (χ3v) is 15.5. The van der Waals surface area contributed by atoms with Gasteiger partial charge in [0.2, 0.25) is 0 Å². The summed E-state index contributed by atoms with van der Waals surface area (Å²) in [6, 6.07) is 88.5. The summed E-state index contributed by atoms with van der Waals surface area (Å²) in [4.78, 5) is 16.1. The predicted octanol–water partition coefficient (Wildman–Crippen LogP) is 18.5. The van der Waals surface area contributed by atoms with E-state index in [4.69, 9.17) is 15.0 Å². The minimum Gasteiger partial charge on any atom is -0.247 e. The van der Waals surface area contributed by atoms with E-state index in [-0.39, 0.29) is 0 Å². The SMILES string of the molecule is c1ccc(-c2ccc(-c3ccc(-c4ccc(-c5ccc(-c6ccc(-c7ccccc7)nc6-c6ccccc6)cc5)c5sc(-c6ccc7sc8ccccc8c7c6)nc45)cc3)c(-c3ccccc3)n2)cc1. The third kappa shape index (κ3) is 7.68. The van der Waals surface area contributed by atoms with Crippen molar-refractivity contribution in [1.82, 2.24) is 15.0 Å². The molecular formula is C65H41N3S2. The highest BCUT2D eigenvalue weighted by molar-refractivity contribution is 7.26. The van der Waals surface area contributed by atoms with Crippen molar-refractivity contribution in [2.75, 3.05) is 0 Å². The van der Waals surface area contributed by atoms with Gasteiger partial charge in [-0.25, -0.2) is 15.0 Å². The van der Waals surface area contributed by atoms with Crippen LogP contribution in [-0.2, 0) is 0 Å². The lowest BCUT2D eigenvalue weighted by Crippen LogP contribution is -1.93. The lowest BCUT2D eigenvalue weighted by atomic mass is 9.94. The second-order valence-corrected chi connectivity index (χ2v) is 19.6. The van der Waals surface area contributed by atoms with Gasteiger partial charge in [0.15, 0.2) is 0 Å². The first-order valence-corrected chi connectivity index (χ1v) is 25.1. The van der Waals surface area contributed by atoms with Crippen molar-refractivity contribution in [2.24, 2.45) is 0 Å². The highest BCUT2D eigenvalue weighted by Gasteiger charge is 2.19. The van der Waals surface area contributed by atoms with E-state index in [0.29, 0.717) is 0 Å². The molecule has 0 fully saturated rings. The molecule has 0 aliphatic rings. The third-order valence-electron chi connectivity index (χ3n) is 13.2. The molecule has 9 aromatic carbocycles. The summed E-state index contributed by atoms with van der Waals surface area (Å²) < 4.78 is 3.74. The number of thiophene rings is 1. The number of pyridine rings is 2. The number of aromatic nitrogens is 3. The maximum absolute atomic E-state index is 5.54. The zero-order valence-electron chi connectivity index (χ0n) is 37.8. The van der Waals surface area contributed by atoms with E-state index in [9.17, 15) is 0 Å². The van der Waals surface area contributed by atoms with Crippen LogP contribution in [0.1, 0.15) is 0 Å². The smallest absolute Gasteiger partial charge is 0.124 e. The molecule has 0 spiro atoms. The van der Waals surface area contributed by atoms with Crippen LogP contribution in [-0.4, -0.2) is 15.0 Å². The van der Waals surface area contributed by atoms with E-state index >= 15 is 0 Å². The molecule has 0 aliphatic heterocycles. The largest absolute Gasteiger partial charge is 0.247 e. The number of hydrogen-bond donors (Lipinski definition) is 0. The van der Waals surface area contributed by atoms with Gasteiger partial charge in [-0.1, -0.05) is 218 Å². The molecule has 0 bridgehead atoms. The predicted molar refractivity (Wildman–Crippen MR) is 297 cm³/mol. The maximum Gasteiger partial charge on any atom is 0.124 e.